The van der Waals surface area contributed by atoms with Crippen LogP contribution in [0.2, 0.25) is 0 Å². The zero-order valence-electron chi connectivity index (χ0n) is 17.3. The number of carbonyl (C=O) groups excluding carboxylic acids is 1. The molecule has 0 heterocycles. The van der Waals surface area contributed by atoms with Crippen molar-refractivity contribution >= 4 is 21.6 Å². The van der Waals surface area contributed by atoms with Gasteiger partial charge in [-0.2, -0.15) is 4.31 Å². The van der Waals surface area contributed by atoms with Gasteiger partial charge in [-0.15, -0.1) is 0 Å². The molecule has 5 nitrogen and oxygen atoms in total. The van der Waals surface area contributed by atoms with Crippen LogP contribution in [0.5, 0.6) is 5.75 Å². The van der Waals surface area contributed by atoms with Crippen LogP contribution in [0.1, 0.15) is 30.9 Å². The van der Waals surface area contributed by atoms with Crippen molar-refractivity contribution in [2.45, 2.75) is 31.6 Å². The highest BCUT2D eigenvalue weighted by molar-refractivity contribution is 7.93. The maximum absolute atomic E-state index is 13.3. The Balaban J connectivity index is 1.95. The summed E-state index contributed by atoms with van der Waals surface area (Å²) in [6.45, 7) is 5.56. The van der Waals surface area contributed by atoms with Crippen LogP contribution in [0, 0.1) is 6.92 Å². The highest BCUT2D eigenvalue weighted by Gasteiger charge is 2.31. The topological polar surface area (TPSA) is 63.7 Å². The third-order valence-electron chi connectivity index (χ3n) is 4.67. The Morgan fingerprint density at radius 1 is 0.900 bits per heavy atom. The maximum Gasteiger partial charge on any atom is 0.278 e. The van der Waals surface area contributed by atoms with E-state index in [1.165, 1.54) is 12.1 Å². The molecule has 0 aliphatic heterocycles. The SMILES string of the molecule is Cc1ccc(N(C(=O)COc2ccccc2C(C)C)S(=O)(=O)c2ccccc2)cc1. The second kappa shape index (κ2) is 9.13. The van der Waals surface area contributed by atoms with Gasteiger partial charge in [0.15, 0.2) is 6.61 Å². The molecule has 0 spiro atoms. The number of benzene rings is 3. The molecule has 156 valence electrons. The molecule has 0 unspecified atom stereocenters. The lowest BCUT2D eigenvalue weighted by atomic mass is 10.0. The molecule has 0 atom stereocenters. The number of hydrogen-bond acceptors (Lipinski definition) is 4. The summed E-state index contributed by atoms with van der Waals surface area (Å²) in [5.74, 6) is 0.112. The monoisotopic (exact) mass is 423 g/mol. The van der Waals surface area contributed by atoms with Gasteiger partial charge in [-0.1, -0.05) is 67.9 Å². The molecule has 3 rings (SSSR count). The van der Waals surface area contributed by atoms with Gasteiger partial charge in [-0.05, 0) is 48.7 Å². The Morgan fingerprint density at radius 3 is 2.13 bits per heavy atom. The first-order chi connectivity index (χ1) is 14.3. The van der Waals surface area contributed by atoms with Gasteiger partial charge in [-0.25, -0.2) is 8.42 Å². The average Bonchev–Trinajstić information content (AvgIpc) is 2.74. The van der Waals surface area contributed by atoms with E-state index in [-0.39, 0.29) is 16.5 Å². The van der Waals surface area contributed by atoms with Crippen LogP contribution in [0.3, 0.4) is 0 Å². The Morgan fingerprint density at radius 2 is 1.50 bits per heavy atom. The van der Waals surface area contributed by atoms with Gasteiger partial charge in [0.05, 0.1) is 10.6 Å². The predicted molar refractivity (Wildman–Crippen MR) is 118 cm³/mol. The summed E-state index contributed by atoms with van der Waals surface area (Å²) in [6.07, 6.45) is 0. The Kier molecular flexibility index (Phi) is 6.57. The number of aryl methyl sites for hydroxylation is 1. The molecule has 3 aromatic carbocycles. The standard InChI is InChI=1S/C24H25NO4S/c1-18(2)22-11-7-8-12-23(22)29-17-24(26)25(20-15-13-19(3)14-16-20)30(27,28)21-9-5-4-6-10-21/h4-16,18H,17H2,1-3H3. The number of anilines is 1. The second-order valence-electron chi connectivity index (χ2n) is 7.29. The number of rotatable bonds is 7. The van der Waals surface area contributed by atoms with Gasteiger partial charge < -0.3 is 4.74 Å². The van der Waals surface area contributed by atoms with Crippen molar-refractivity contribution in [2.75, 3.05) is 10.9 Å². The lowest BCUT2D eigenvalue weighted by Crippen LogP contribution is -2.40. The molecule has 0 aromatic heterocycles. The molecule has 0 N–H and O–H groups in total. The summed E-state index contributed by atoms with van der Waals surface area (Å²) >= 11 is 0. The number of hydrogen-bond donors (Lipinski definition) is 0. The van der Waals surface area contributed by atoms with Crippen molar-refractivity contribution in [2.24, 2.45) is 0 Å². The maximum atomic E-state index is 13.3. The van der Waals surface area contributed by atoms with Crippen LogP contribution >= 0.6 is 0 Å². The zero-order valence-corrected chi connectivity index (χ0v) is 18.1. The second-order valence-corrected chi connectivity index (χ2v) is 9.08. The first-order valence-electron chi connectivity index (χ1n) is 9.72. The quantitative estimate of drug-likeness (QED) is 0.541. The van der Waals surface area contributed by atoms with Crippen LogP contribution in [-0.4, -0.2) is 20.9 Å². The molecule has 6 heteroatoms. The van der Waals surface area contributed by atoms with Crippen molar-refractivity contribution in [1.29, 1.82) is 0 Å². The van der Waals surface area contributed by atoms with Crippen molar-refractivity contribution in [1.82, 2.24) is 0 Å². The van der Waals surface area contributed by atoms with Crippen LogP contribution in [0.4, 0.5) is 5.69 Å². The number of carbonyl (C=O) groups is 1. The molecule has 3 aromatic rings. The lowest BCUT2D eigenvalue weighted by molar-refractivity contribution is -0.119. The van der Waals surface area contributed by atoms with Gasteiger partial charge in [0.1, 0.15) is 5.75 Å². The van der Waals surface area contributed by atoms with Gasteiger partial charge >= 0.3 is 0 Å². The van der Waals surface area contributed by atoms with Crippen LogP contribution in [-0.2, 0) is 14.8 Å². The fourth-order valence-electron chi connectivity index (χ4n) is 3.08. The number of amides is 1. The van der Waals surface area contributed by atoms with Crippen molar-refractivity contribution in [3.8, 4) is 5.75 Å². The van der Waals surface area contributed by atoms with E-state index in [1.54, 1.807) is 48.5 Å². The van der Waals surface area contributed by atoms with E-state index in [4.69, 9.17) is 4.74 Å². The molecule has 0 aliphatic carbocycles. The third-order valence-corrected chi connectivity index (χ3v) is 6.43. The highest BCUT2D eigenvalue weighted by Crippen LogP contribution is 2.27. The highest BCUT2D eigenvalue weighted by atomic mass is 32.2. The Bertz CT molecular complexity index is 1110. The van der Waals surface area contributed by atoms with E-state index in [9.17, 15) is 13.2 Å². The zero-order chi connectivity index (χ0) is 21.7. The lowest BCUT2D eigenvalue weighted by Gasteiger charge is -2.23. The van der Waals surface area contributed by atoms with E-state index in [1.807, 2.05) is 39.0 Å². The summed E-state index contributed by atoms with van der Waals surface area (Å²) < 4.78 is 33.2. The first kappa shape index (κ1) is 21.6. The van der Waals surface area contributed by atoms with Crippen LogP contribution in [0.25, 0.3) is 0 Å². The number of ether oxygens (including phenoxy) is 1. The van der Waals surface area contributed by atoms with Gasteiger partial charge in [0.2, 0.25) is 0 Å². The van der Waals surface area contributed by atoms with Crippen LogP contribution in [0.15, 0.2) is 83.8 Å². The van der Waals surface area contributed by atoms with Crippen LogP contribution < -0.4 is 9.04 Å². The number of para-hydroxylation sites is 1. The molecule has 0 saturated heterocycles. The molecule has 0 bridgehead atoms. The van der Waals surface area contributed by atoms with E-state index in [0.29, 0.717) is 5.75 Å². The van der Waals surface area contributed by atoms with Crippen molar-refractivity contribution < 1.29 is 17.9 Å². The first-order valence-corrected chi connectivity index (χ1v) is 11.2. The minimum atomic E-state index is -4.09. The van der Waals surface area contributed by atoms with Gasteiger partial charge in [-0.3, -0.25) is 4.79 Å². The van der Waals surface area contributed by atoms with E-state index in [2.05, 4.69) is 0 Å². The minimum absolute atomic E-state index is 0.0431. The fourth-order valence-corrected chi connectivity index (χ4v) is 4.51. The fraction of sp³-hybridized carbons (Fsp3) is 0.208. The smallest absolute Gasteiger partial charge is 0.278 e. The predicted octanol–water partition coefficient (Wildman–Crippen LogP) is 4.92. The molecule has 30 heavy (non-hydrogen) atoms. The number of sulfonamides is 1. The third kappa shape index (κ3) is 4.71. The van der Waals surface area contributed by atoms with Gasteiger partial charge in [0.25, 0.3) is 15.9 Å². The summed E-state index contributed by atoms with van der Waals surface area (Å²) in [5.41, 5.74) is 2.19. The minimum Gasteiger partial charge on any atom is -0.483 e. The average molecular weight is 424 g/mol. The summed E-state index contributed by atoms with van der Waals surface area (Å²) in [4.78, 5) is 13.2. The largest absolute Gasteiger partial charge is 0.483 e. The summed E-state index contributed by atoms with van der Waals surface area (Å²) in [5, 5.41) is 0. The Hall–Kier alpha value is -3.12. The molecule has 1 amide bonds. The van der Waals surface area contributed by atoms with Crippen molar-refractivity contribution in [3.63, 3.8) is 0 Å². The van der Waals surface area contributed by atoms with E-state index >= 15 is 0 Å². The van der Waals surface area contributed by atoms with E-state index < -0.39 is 22.5 Å². The number of nitrogens with zero attached hydrogens (tertiary/aromatic N) is 1. The summed E-state index contributed by atoms with van der Waals surface area (Å²) in [7, 11) is -4.09. The normalized spacial score (nSPS) is 11.3. The summed E-state index contributed by atoms with van der Waals surface area (Å²) in [6, 6.07) is 22.1. The Labute approximate surface area is 178 Å². The molecule has 0 radical (unpaired) electrons. The molecule has 0 aliphatic rings. The van der Waals surface area contributed by atoms with Crippen molar-refractivity contribution in [3.05, 3.63) is 90.0 Å². The molecular weight excluding hydrogens is 398 g/mol. The van der Waals surface area contributed by atoms with E-state index in [0.717, 1.165) is 15.4 Å². The molecule has 0 saturated carbocycles. The molecule has 0 fully saturated rings. The molecular formula is C24H25NO4S. The van der Waals surface area contributed by atoms with Gasteiger partial charge in [0, 0.05) is 0 Å².